The molecule has 0 aliphatic rings. The maximum Gasteiger partial charge on any atom is 0.0642 e. The lowest BCUT2D eigenvalue weighted by molar-refractivity contribution is 0.896. The van der Waals surface area contributed by atoms with Crippen LogP contribution in [0.1, 0.15) is 19.0 Å². The first kappa shape index (κ1) is 7.35. The van der Waals surface area contributed by atoms with Crippen molar-refractivity contribution >= 4 is 10.9 Å². The van der Waals surface area contributed by atoms with Crippen molar-refractivity contribution in [3.05, 3.63) is 30.2 Å². The highest BCUT2D eigenvalue weighted by Crippen LogP contribution is 2.14. The van der Waals surface area contributed by atoms with Gasteiger partial charge in [-0.15, -0.1) is 0 Å². The molecule has 0 spiro atoms. The first-order chi connectivity index (χ1) is 5.90. The van der Waals surface area contributed by atoms with Crippen LogP contribution in [0.15, 0.2) is 24.5 Å². The third-order valence-corrected chi connectivity index (χ3v) is 2.00. The summed E-state index contributed by atoms with van der Waals surface area (Å²) in [5.41, 5.74) is 2.45. The van der Waals surface area contributed by atoms with Crippen molar-refractivity contribution in [2.45, 2.75) is 19.8 Å². The van der Waals surface area contributed by atoms with Gasteiger partial charge in [0.1, 0.15) is 0 Å². The lowest BCUT2D eigenvalue weighted by atomic mass is 10.2. The summed E-state index contributed by atoms with van der Waals surface area (Å²) in [5, 5.41) is 1.26. The van der Waals surface area contributed by atoms with E-state index in [0.717, 1.165) is 11.9 Å². The van der Waals surface area contributed by atoms with Crippen LogP contribution in [0.2, 0.25) is 0 Å². The molecule has 2 heterocycles. The fraction of sp³-hybridized carbons (Fsp3) is 0.300. The zero-order valence-corrected chi connectivity index (χ0v) is 7.17. The Morgan fingerprint density at radius 2 is 2.42 bits per heavy atom. The smallest absolute Gasteiger partial charge is 0.0642 e. The minimum atomic E-state index is 1.12. The molecule has 0 aromatic carbocycles. The van der Waals surface area contributed by atoms with Gasteiger partial charge in [0, 0.05) is 17.3 Å². The standard InChI is InChI=1S/C10H12N2/c1-2-3-9-6-8-4-5-11-7-10(8)12-9/h4-7,12H,2-3H2,1H3. The number of rotatable bonds is 2. The van der Waals surface area contributed by atoms with Gasteiger partial charge in [0.2, 0.25) is 0 Å². The average molecular weight is 160 g/mol. The summed E-state index contributed by atoms with van der Waals surface area (Å²) in [6, 6.07) is 4.23. The normalized spacial score (nSPS) is 10.8. The van der Waals surface area contributed by atoms with Crippen LogP contribution in [0.3, 0.4) is 0 Å². The first-order valence-corrected chi connectivity index (χ1v) is 4.32. The van der Waals surface area contributed by atoms with E-state index in [1.165, 1.54) is 17.5 Å². The molecule has 1 N–H and O–H groups in total. The lowest BCUT2D eigenvalue weighted by Gasteiger charge is -1.88. The molecular weight excluding hydrogens is 148 g/mol. The molecule has 0 saturated heterocycles. The number of aromatic amines is 1. The second-order valence-corrected chi connectivity index (χ2v) is 3.01. The van der Waals surface area contributed by atoms with Crippen molar-refractivity contribution in [3.8, 4) is 0 Å². The summed E-state index contributed by atoms with van der Waals surface area (Å²) in [4.78, 5) is 7.39. The van der Waals surface area contributed by atoms with Gasteiger partial charge in [-0.1, -0.05) is 13.3 Å². The number of hydrogen-bond acceptors (Lipinski definition) is 1. The number of fused-ring (bicyclic) bond motifs is 1. The molecule has 0 fully saturated rings. The van der Waals surface area contributed by atoms with Crippen LogP contribution in [0.5, 0.6) is 0 Å². The molecule has 12 heavy (non-hydrogen) atoms. The number of H-pyrrole nitrogens is 1. The van der Waals surface area contributed by atoms with Crippen molar-refractivity contribution in [1.82, 2.24) is 9.97 Å². The Hall–Kier alpha value is -1.31. The van der Waals surface area contributed by atoms with E-state index in [2.05, 4.69) is 23.0 Å². The topological polar surface area (TPSA) is 28.7 Å². The highest BCUT2D eigenvalue weighted by atomic mass is 14.7. The van der Waals surface area contributed by atoms with E-state index < -0.39 is 0 Å². The minimum absolute atomic E-state index is 1.12. The highest BCUT2D eigenvalue weighted by Gasteiger charge is 1.97. The summed E-state index contributed by atoms with van der Waals surface area (Å²) in [6.45, 7) is 2.18. The summed E-state index contributed by atoms with van der Waals surface area (Å²) in [7, 11) is 0. The Morgan fingerprint density at radius 3 is 3.17 bits per heavy atom. The van der Waals surface area contributed by atoms with Crippen LogP contribution < -0.4 is 0 Å². The number of nitrogens with zero attached hydrogens (tertiary/aromatic N) is 1. The van der Waals surface area contributed by atoms with Gasteiger partial charge in [-0.2, -0.15) is 0 Å². The van der Waals surface area contributed by atoms with Gasteiger partial charge in [-0.25, -0.2) is 0 Å². The van der Waals surface area contributed by atoms with E-state index in [1.807, 2.05) is 18.5 Å². The molecule has 2 heteroatoms. The van der Waals surface area contributed by atoms with Gasteiger partial charge < -0.3 is 4.98 Å². The number of nitrogens with one attached hydrogen (secondary N) is 1. The van der Waals surface area contributed by atoms with E-state index in [1.54, 1.807) is 0 Å². The second-order valence-electron chi connectivity index (χ2n) is 3.01. The Kier molecular flexibility index (Phi) is 1.82. The van der Waals surface area contributed by atoms with Crippen LogP contribution in [0.25, 0.3) is 10.9 Å². The van der Waals surface area contributed by atoms with Crippen molar-refractivity contribution in [2.24, 2.45) is 0 Å². The number of aryl methyl sites for hydroxylation is 1. The van der Waals surface area contributed by atoms with Crippen molar-refractivity contribution in [3.63, 3.8) is 0 Å². The first-order valence-electron chi connectivity index (χ1n) is 4.32. The molecule has 0 bridgehead atoms. The van der Waals surface area contributed by atoms with Gasteiger partial charge in [-0.05, 0) is 18.6 Å². The minimum Gasteiger partial charge on any atom is -0.357 e. The third kappa shape index (κ3) is 1.20. The zero-order valence-electron chi connectivity index (χ0n) is 7.17. The molecular formula is C10H12N2. The van der Waals surface area contributed by atoms with Crippen LogP contribution in [-0.4, -0.2) is 9.97 Å². The molecule has 0 unspecified atom stereocenters. The quantitative estimate of drug-likeness (QED) is 0.718. The van der Waals surface area contributed by atoms with Gasteiger partial charge in [-0.3, -0.25) is 4.98 Å². The molecule has 0 saturated carbocycles. The third-order valence-electron chi connectivity index (χ3n) is 2.00. The highest BCUT2D eigenvalue weighted by molar-refractivity contribution is 5.79. The Bertz CT molecular complexity index is 343. The van der Waals surface area contributed by atoms with E-state index in [-0.39, 0.29) is 0 Å². The number of aromatic nitrogens is 2. The van der Waals surface area contributed by atoms with E-state index >= 15 is 0 Å². The maximum absolute atomic E-state index is 4.06. The summed E-state index contributed by atoms with van der Waals surface area (Å²) in [5.74, 6) is 0. The Balaban J connectivity index is 2.47. The van der Waals surface area contributed by atoms with Gasteiger partial charge in [0.05, 0.1) is 11.7 Å². The number of hydrogen-bond donors (Lipinski definition) is 1. The van der Waals surface area contributed by atoms with E-state index in [4.69, 9.17) is 0 Å². The van der Waals surface area contributed by atoms with Crippen LogP contribution >= 0.6 is 0 Å². The van der Waals surface area contributed by atoms with Crippen LogP contribution in [0.4, 0.5) is 0 Å². The average Bonchev–Trinajstić information content (AvgIpc) is 2.47. The molecule has 2 aromatic heterocycles. The van der Waals surface area contributed by atoms with Crippen molar-refractivity contribution in [1.29, 1.82) is 0 Å². The summed E-state index contributed by atoms with van der Waals surface area (Å²) in [6.07, 6.45) is 6.00. The molecule has 0 aliphatic heterocycles. The van der Waals surface area contributed by atoms with Gasteiger partial charge in [0.15, 0.2) is 0 Å². The predicted octanol–water partition coefficient (Wildman–Crippen LogP) is 2.52. The van der Waals surface area contributed by atoms with Gasteiger partial charge in [0.25, 0.3) is 0 Å². The predicted molar refractivity (Wildman–Crippen MR) is 50.1 cm³/mol. The van der Waals surface area contributed by atoms with Gasteiger partial charge >= 0.3 is 0 Å². The monoisotopic (exact) mass is 160 g/mol. The largest absolute Gasteiger partial charge is 0.357 e. The van der Waals surface area contributed by atoms with Crippen LogP contribution in [0, 0.1) is 0 Å². The molecule has 0 radical (unpaired) electrons. The molecule has 0 atom stereocenters. The Morgan fingerprint density at radius 1 is 1.50 bits per heavy atom. The zero-order chi connectivity index (χ0) is 8.39. The van der Waals surface area contributed by atoms with Crippen LogP contribution in [-0.2, 0) is 6.42 Å². The summed E-state index contributed by atoms with van der Waals surface area (Å²) >= 11 is 0. The van der Waals surface area contributed by atoms with Crippen molar-refractivity contribution in [2.75, 3.05) is 0 Å². The molecule has 2 nitrogen and oxygen atoms in total. The molecule has 2 rings (SSSR count). The fourth-order valence-corrected chi connectivity index (χ4v) is 1.44. The lowest BCUT2D eigenvalue weighted by Crippen LogP contribution is -1.80. The molecule has 62 valence electrons. The SMILES string of the molecule is CCCc1cc2ccncc2[nH]1. The molecule has 0 aliphatic carbocycles. The Labute approximate surface area is 71.6 Å². The second kappa shape index (κ2) is 2.97. The fourth-order valence-electron chi connectivity index (χ4n) is 1.44. The molecule has 0 amide bonds. The van der Waals surface area contributed by atoms with Crippen molar-refractivity contribution < 1.29 is 0 Å². The van der Waals surface area contributed by atoms with E-state index in [9.17, 15) is 0 Å². The molecule has 2 aromatic rings. The van der Waals surface area contributed by atoms with E-state index in [0.29, 0.717) is 0 Å². The maximum atomic E-state index is 4.06. The summed E-state index contributed by atoms with van der Waals surface area (Å²) < 4.78 is 0. The number of pyridine rings is 1.